The Kier molecular flexibility index (Phi) is 2.85. The molecule has 1 aliphatic heterocycles. The quantitative estimate of drug-likeness (QED) is 0.746. The number of rotatable bonds is 1. The van der Waals surface area contributed by atoms with Crippen molar-refractivity contribution in [3.8, 4) is 5.75 Å². The van der Waals surface area contributed by atoms with Gasteiger partial charge in [-0.15, -0.1) is 0 Å². The molecule has 0 radical (unpaired) electrons. The third-order valence-corrected chi connectivity index (χ3v) is 4.12. The summed E-state index contributed by atoms with van der Waals surface area (Å²) in [6.07, 6.45) is 3.32. The Morgan fingerprint density at radius 3 is 2.95 bits per heavy atom. The van der Waals surface area contributed by atoms with Gasteiger partial charge in [0.2, 0.25) is 5.43 Å². The summed E-state index contributed by atoms with van der Waals surface area (Å²) in [7, 11) is 0. The fourth-order valence-corrected chi connectivity index (χ4v) is 3.02. The summed E-state index contributed by atoms with van der Waals surface area (Å²) in [5, 5.41) is 10.7. The molecule has 0 aliphatic carbocycles. The highest BCUT2D eigenvalue weighted by molar-refractivity contribution is 5.91. The maximum Gasteiger partial charge on any atom is 0.223 e. The number of anilines is 1. The van der Waals surface area contributed by atoms with Crippen molar-refractivity contribution in [3.05, 3.63) is 64.7 Å². The normalized spacial score (nSPS) is 14.1. The predicted octanol–water partition coefficient (Wildman–Crippen LogP) is 2.12. The number of nitrogens with zero attached hydrogens (tertiary/aromatic N) is 3. The van der Waals surface area contributed by atoms with E-state index in [-0.39, 0.29) is 11.2 Å². The summed E-state index contributed by atoms with van der Waals surface area (Å²) < 4.78 is 1.94. The van der Waals surface area contributed by atoms with Gasteiger partial charge in [0.05, 0.1) is 18.3 Å². The zero-order chi connectivity index (χ0) is 15.1. The third-order valence-electron chi connectivity index (χ3n) is 4.12. The molecule has 0 fully saturated rings. The SMILES string of the molecule is O=c1cc2n(cc1O)CCN(c1cccc3ncccc13)C2. The van der Waals surface area contributed by atoms with Crippen LogP contribution in [0.1, 0.15) is 5.69 Å². The van der Waals surface area contributed by atoms with E-state index in [2.05, 4.69) is 22.0 Å². The lowest BCUT2D eigenvalue weighted by molar-refractivity contribution is 0.452. The van der Waals surface area contributed by atoms with Crippen LogP contribution in [0.15, 0.2) is 53.6 Å². The van der Waals surface area contributed by atoms with Crippen LogP contribution >= 0.6 is 0 Å². The minimum atomic E-state index is -0.326. The average molecular weight is 293 g/mol. The smallest absolute Gasteiger partial charge is 0.223 e. The molecule has 0 amide bonds. The van der Waals surface area contributed by atoms with Crippen LogP contribution in [0.5, 0.6) is 5.75 Å². The van der Waals surface area contributed by atoms with Gasteiger partial charge in [0.15, 0.2) is 5.75 Å². The summed E-state index contributed by atoms with van der Waals surface area (Å²) in [4.78, 5) is 18.3. The molecular formula is C17H15N3O2. The molecule has 0 saturated heterocycles. The van der Waals surface area contributed by atoms with Crippen molar-refractivity contribution in [1.29, 1.82) is 0 Å². The second kappa shape index (κ2) is 4.87. The van der Waals surface area contributed by atoms with Gasteiger partial charge in [-0.2, -0.15) is 0 Å². The first-order valence-corrected chi connectivity index (χ1v) is 7.23. The second-order valence-electron chi connectivity index (χ2n) is 5.48. The van der Waals surface area contributed by atoms with Gasteiger partial charge < -0.3 is 14.6 Å². The third kappa shape index (κ3) is 2.02. The van der Waals surface area contributed by atoms with Crippen LogP contribution in [-0.4, -0.2) is 21.2 Å². The Morgan fingerprint density at radius 2 is 2.05 bits per heavy atom. The summed E-state index contributed by atoms with van der Waals surface area (Å²) in [6.45, 7) is 2.20. The van der Waals surface area contributed by atoms with Crippen molar-refractivity contribution in [3.63, 3.8) is 0 Å². The molecule has 0 bridgehead atoms. The zero-order valence-corrected chi connectivity index (χ0v) is 11.9. The van der Waals surface area contributed by atoms with E-state index >= 15 is 0 Å². The summed E-state index contributed by atoms with van der Waals surface area (Å²) in [5.74, 6) is -0.188. The molecule has 5 heteroatoms. The zero-order valence-electron chi connectivity index (χ0n) is 11.9. The molecule has 3 heterocycles. The summed E-state index contributed by atoms with van der Waals surface area (Å²) >= 11 is 0. The molecule has 4 rings (SSSR count). The first kappa shape index (κ1) is 12.9. The molecule has 2 aromatic heterocycles. The molecule has 0 atom stereocenters. The monoisotopic (exact) mass is 293 g/mol. The molecule has 0 unspecified atom stereocenters. The molecule has 110 valence electrons. The molecule has 1 N–H and O–H groups in total. The maximum atomic E-state index is 11.7. The minimum absolute atomic E-state index is 0.188. The van der Waals surface area contributed by atoms with Gasteiger partial charge in [0.1, 0.15) is 0 Å². The molecule has 1 aromatic carbocycles. The fraction of sp³-hybridized carbons (Fsp3) is 0.176. The standard InChI is InChI=1S/C17H15N3O2/c21-16-9-12-10-20(8-7-19(12)11-17(16)22)15-5-1-4-14-13(15)3-2-6-18-14/h1-6,9,11,22H,7-8,10H2. The Balaban J connectivity index is 1.78. The molecule has 22 heavy (non-hydrogen) atoms. The number of pyridine rings is 2. The maximum absolute atomic E-state index is 11.7. The van der Waals surface area contributed by atoms with E-state index in [1.807, 2.05) is 22.8 Å². The van der Waals surface area contributed by atoms with Gasteiger partial charge >= 0.3 is 0 Å². The number of aromatic hydroxyl groups is 1. The first-order chi connectivity index (χ1) is 10.7. The largest absolute Gasteiger partial charge is 0.503 e. The highest BCUT2D eigenvalue weighted by Gasteiger charge is 2.18. The minimum Gasteiger partial charge on any atom is -0.503 e. The lowest BCUT2D eigenvalue weighted by Crippen LogP contribution is -2.35. The van der Waals surface area contributed by atoms with Crippen LogP contribution in [-0.2, 0) is 13.1 Å². The van der Waals surface area contributed by atoms with Gasteiger partial charge in [0, 0.05) is 42.1 Å². The van der Waals surface area contributed by atoms with Gasteiger partial charge in [0.25, 0.3) is 0 Å². The van der Waals surface area contributed by atoms with Crippen molar-refractivity contribution in [1.82, 2.24) is 9.55 Å². The van der Waals surface area contributed by atoms with Gasteiger partial charge in [-0.05, 0) is 24.3 Å². The fourth-order valence-electron chi connectivity index (χ4n) is 3.02. The lowest BCUT2D eigenvalue weighted by atomic mass is 10.1. The van der Waals surface area contributed by atoms with E-state index in [4.69, 9.17) is 0 Å². The van der Waals surface area contributed by atoms with Gasteiger partial charge in [-0.3, -0.25) is 9.78 Å². The van der Waals surface area contributed by atoms with Crippen LogP contribution in [0.4, 0.5) is 5.69 Å². The lowest BCUT2D eigenvalue weighted by Gasteiger charge is -2.32. The number of fused-ring (bicyclic) bond motifs is 2. The molecule has 1 aliphatic rings. The molecule has 0 spiro atoms. The van der Waals surface area contributed by atoms with Crippen LogP contribution in [0, 0.1) is 0 Å². The van der Waals surface area contributed by atoms with Crippen molar-refractivity contribution in [2.45, 2.75) is 13.1 Å². The Labute approximate surface area is 127 Å². The number of benzene rings is 1. The Bertz CT molecular complexity index is 912. The second-order valence-corrected chi connectivity index (χ2v) is 5.48. The topological polar surface area (TPSA) is 58.4 Å². The highest BCUT2D eigenvalue weighted by Crippen LogP contribution is 2.28. The van der Waals surface area contributed by atoms with Crippen LogP contribution in [0.3, 0.4) is 0 Å². The molecular weight excluding hydrogens is 278 g/mol. The van der Waals surface area contributed by atoms with Gasteiger partial charge in [-0.1, -0.05) is 6.07 Å². The van der Waals surface area contributed by atoms with Crippen LogP contribution < -0.4 is 10.3 Å². The van der Waals surface area contributed by atoms with Crippen molar-refractivity contribution >= 4 is 16.6 Å². The summed E-state index contributed by atoms with van der Waals surface area (Å²) in [6, 6.07) is 11.6. The number of aromatic nitrogens is 2. The predicted molar refractivity (Wildman–Crippen MR) is 85.2 cm³/mol. The van der Waals surface area contributed by atoms with Crippen molar-refractivity contribution in [2.24, 2.45) is 0 Å². The van der Waals surface area contributed by atoms with E-state index in [0.29, 0.717) is 6.54 Å². The van der Waals surface area contributed by atoms with Crippen molar-refractivity contribution < 1.29 is 5.11 Å². The van der Waals surface area contributed by atoms with E-state index in [1.54, 1.807) is 6.20 Å². The van der Waals surface area contributed by atoms with Crippen LogP contribution in [0.25, 0.3) is 10.9 Å². The molecule has 5 nitrogen and oxygen atoms in total. The summed E-state index contributed by atoms with van der Waals surface area (Å²) in [5.41, 5.74) is 2.67. The van der Waals surface area contributed by atoms with E-state index in [0.717, 1.165) is 35.4 Å². The van der Waals surface area contributed by atoms with Crippen molar-refractivity contribution in [2.75, 3.05) is 11.4 Å². The highest BCUT2D eigenvalue weighted by atomic mass is 16.3. The Hall–Kier alpha value is -2.82. The van der Waals surface area contributed by atoms with E-state index in [9.17, 15) is 9.90 Å². The number of hydrogen-bond donors (Lipinski definition) is 1. The van der Waals surface area contributed by atoms with Gasteiger partial charge in [-0.25, -0.2) is 0 Å². The average Bonchev–Trinajstić information content (AvgIpc) is 2.55. The first-order valence-electron chi connectivity index (χ1n) is 7.23. The molecule has 0 saturated carbocycles. The number of hydrogen-bond acceptors (Lipinski definition) is 4. The molecule has 3 aromatic rings. The van der Waals surface area contributed by atoms with E-state index in [1.165, 1.54) is 12.3 Å². The van der Waals surface area contributed by atoms with E-state index < -0.39 is 0 Å². The van der Waals surface area contributed by atoms with Crippen LogP contribution in [0.2, 0.25) is 0 Å². The Morgan fingerprint density at radius 1 is 1.14 bits per heavy atom.